The Morgan fingerprint density at radius 3 is 2.39 bits per heavy atom. The molecule has 1 unspecified atom stereocenters. The molecule has 2 amide bonds. The molecule has 1 aliphatic rings. The Hall–Kier alpha value is -3.18. The largest absolute Gasteiger partial charge is 0.478 e. The van der Waals surface area contributed by atoms with E-state index < -0.39 is 33.8 Å². The molecule has 178 valence electrons. The fourth-order valence-electron chi connectivity index (χ4n) is 3.37. The highest BCUT2D eigenvalue weighted by Crippen LogP contribution is 2.28. The smallest absolute Gasteiger partial charge is 0.279 e. The van der Waals surface area contributed by atoms with E-state index in [-0.39, 0.29) is 16.2 Å². The molecule has 2 aromatic rings. The third-order valence-electron chi connectivity index (χ3n) is 5.25. The summed E-state index contributed by atoms with van der Waals surface area (Å²) in [6.45, 7) is 2.88. The van der Waals surface area contributed by atoms with Crippen LogP contribution in [-0.2, 0) is 14.8 Å². The Balaban J connectivity index is 1.77. The first-order valence-corrected chi connectivity index (χ1v) is 11.9. The normalized spacial score (nSPS) is 14.8. The molecule has 0 bridgehead atoms. The maximum absolute atomic E-state index is 13.7. The molecule has 11 heteroatoms. The summed E-state index contributed by atoms with van der Waals surface area (Å²) in [5.41, 5.74) is 5.25. The van der Waals surface area contributed by atoms with Crippen LogP contribution in [0, 0.1) is 5.82 Å². The van der Waals surface area contributed by atoms with Gasteiger partial charge in [0, 0.05) is 32.9 Å². The van der Waals surface area contributed by atoms with Crippen molar-refractivity contribution in [1.29, 1.82) is 0 Å². The number of nitrogens with zero attached hydrogens (tertiary/aromatic N) is 2. The Labute approximate surface area is 192 Å². The van der Waals surface area contributed by atoms with Gasteiger partial charge in [0.1, 0.15) is 0 Å². The quantitative estimate of drug-likeness (QED) is 0.589. The molecule has 9 nitrogen and oxygen atoms in total. The van der Waals surface area contributed by atoms with Crippen molar-refractivity contribution >= 4 is 27.5 Å². The van der Waals surface area contributed by atoms with E-state index in [0.29, 0.717) is 5.69 Å². The van der Waals surface area contributed by atoms with Crippen LogP contribution in [0.15, 0.2) is 47.4 Å². The van der Waals surface area contributed by atoms with E-state index in [1.807, 2.05) is 4.90 Å². The average Bonchev–Trinajstić information content (AvgIpc) is 3.33. The van der Waals surface area contributed by atoms with Crippen LogP contribution in [0.25, 0.3) is 0 Å². The maximum atomic E-state index is 13.7. The highest BCUT2D eigenvalue weighted by Gasteiger charge is 2.25. The lowest BCUT2D eigenvalue weighted by Gasteiger charge is -2.22. The number of carbonyl (C=O) groups excluding carboxylic acids is 2. The fourth-order valence-corrected chi connectivity index (χ4v) is 4.30. The number of anilines is 1. The van der Waals surface area contributed by atoms with E-state index in [0.717, 1.165) is 30.2 Å². The number of hydrogen-bond acceptors (Lipinski definition) is 6. The molecule has 0 spiro atoms. The second-order valence-electron chi connectivity index (χ2n) is 7.79. The second kappa shape index (κ2) is 10.2. The number of hydrogen-bond donors (Lipinski definition) is 2. The number of halogens is 1. The molecule has 0 radical (unpaired) electrons. The number of nitrogens with one attached hydrogen (secondary N) is 2. The van der Waals surface area contributed by atoms with E-state index >= 15 is 0 Å². The van der Waals surface area contributed by atoms with Gasteiger partial charge >= 0.3 is 0 Å². The molecule has 1 atom stereocenters. The van der Waals surface area contributed by atoms with Crippen molar-refractivity contribution in [3.8, 4) is 5.75 Å². The number of sulfonamides is 1. The van der Waals surface area contributed by atoms with Gasteiger partial charge in [-0.2, -0.15) is 0 Å². The number of para-hydroxylation sites is 1. The summed E-state index contributed by atoms with van der Waals surface area (Å²) in [7, 11) is -0.958. The van der Waals surface area contributed by atoms with Crippen LogP contribution in [-0.4, -0.2) is 57.8 Å². The molecular weight excluding hydrogens is 451 g/mol. The molecule has 0 aromatic heterocycles. The lowest BCUT2D eigenvalue weighted by Crippen LogP contribution is -2.47. The van der Waals surface area contributed by atoms with Gasteiger partial charge in [0.25, 0.3) is 11.8 Å². The number of benzene rings is 2. The first kappa shape index (κ1) is 24.5. The standard InChI is InChI=1S/C22H27FN4O5S/c1-15(32-20-9-5-4-8-18(20)23)21(28)24-25-22(29)17-14-16(33(30,31)26(2)3)10-11-19(17)27-12-6-7-13-27/h4-5,8-11,14-15H,6-7,12-13H2,1-3H3,(H,24,28)(H,25,29). The van der Waals surface area contributed by atoms with E-state index in [4.69, 9.17) is 4.74 Å². The first-order chi connectivity index (χ1) is 15.6. The topological polar surface area (TPSA) is 108 Å². The summed E-state index contributed by atoms with van der Waals surface area (Å²) >= 11 is 0. The Kier molecular flexibility index (Phi) is 7.54. The van der Waals surface area contributed by atoms with Crippen molar-refractivity contribution in [3.05, 3.63) is 53.8 Å². The summed E-state index contributed by atoms with van der Waals surface area (Å²) in [4.78, 5) is 27.3. The monoisotopic (exact) mass is 478 g/mol. The molecule has 0 aliphatic carbocycles. The summed E-state index contributed by atoms with van der Waals surface area (Å²) < 4.78 is 45.2. The SMILES string of the molecule is CC(Oc1ccccc1F)C(=O)NNC(=O)c1cc(S(=O)(=O)N(C)C)ccc1N1CCCC1. The molecule has 2 aromatic carbocycles. The maximum Gasteiger partial charge on any atom is 0.279 e. The molecule has 33 heavy (non-hydrogen) atoms. The molecule has 1 saturated heterocycles. The van der Waals surface area contributed by atoms with Crippen LogP contribution in [0.2, 0.25) is 0 Å². The molecular formula is C22H27FN4O5S. The van der Waals surface area contributed by atoms with Crippen LogP contribution in [0.1, 0.15) is 30.1 Å². The lowest BCUT2D eigenvalue weighted by molar-refractivity contribution is -0.128. The third kappa shape index (κ3) is 5.60. The summed E-state index contributed by atoms with van der Waals surface area (Å²) in [5.74, 6) is -2.09. The molecule has 3 rings (SSSR count). The van der Waals surface area contributed by atoms with Gasteiger partial charge in [-0.15, -0.1) is 0 Å². The predicted molar refractivity (Wildman–Crippen MR) is 121 cm³/mol. The summed E-state index contributed by atoms with van der Waals surface area (Å²) in [6, 6.07) is 10.0. The minimum atomic E-state index is -3.76. The van der Waals surface area contributed by atoms with Crippen molar-refractivity contribution < 1.29 is 27.1 Å². The Morgan fingerprint density at radius 2 is 1.76 bits per heavy atom. The third-order valence-corrected chi connectivity index (χ3v) is 7.06. The average molecular weight is 479 g/mol. The minimum absolute atomic E-state index is 0.0387. The first-order valence-electron chi connectivity index (χ1n) is 10.4. The van der Waals surface area contributed by atoms with Crippen LogP contribution >= 0.6 is 0 Å². The van der Waals surface area contributed by atoms with Crippen LogP contribution in [0.5, 0.6) is 5.75 Å². The van der Waals surface area contributed by atoms with Gasteiger partial charge in [-0.3, -0.25) is 20.4 Å². The number of carbonyl (C=O) groups is 2. The van der Waals surface area contributed by atoms with Crippen molar-refractivity contribution in [3.63, 3.8) is 0 Å². The van der Waals surface area contributed by atoms with E-state index in [1.165, 1.54) is 51.4 Å². The van der Waals surface area contributed by atoms with E-state index in [9.17, 15) is 22.4 Å². The van der Waals surface area contributed by atoms with Gasteiger partial charge in [-0.1, -0.05) is 12.1 Å². The lowest BCUT2D eigenvalue weighted by atomic mass is 10.1. The van der Waals surface area contributed by atoms with Crippen molar-refractivity contribution in [1.82, 2.24) is 15.2 Å². The van der Waals surface area contributed by atoms with Gasteiger partial charge in [0.05, 0.1) is 10.5 Å². The highest BCUT2D eigenvalue weighted by atomic mass is 32.2. The van der Waals surface area contributed by atoms with E-state index in [1.54, 1.807) is 12.1 Å². The van der Waals surface area contributed by atoms with Crippen molar-refractivity contribution in [2.45, 2.75) is 30.8 Å². The summed E-state index contributed by atoms with van der Waals surface area (Å²) in [6.07, 6.45) is 0.821. The van der Waals surface area contributed by atoms with Crippen LogP contribution in [0.3, 0.4) is 0 Å². The highest BCUT2D eigenvalue weighted by molar-refractivity contribution is 7.89. The molecule has 2 N–H and O–H groups in total. The molecule has 1 heterocycles. The van der Waals surface area contributed by atoms with Gasteiger partial charge in [-0.05, 0) is 50.1 Å². The van der Waals surface area contributed by atoms with Crippen molar-refractivity contribution in [2.75, 3.05) is 32.1 Å². The number of rotatable bonds is 7. The zero-order valence-corrected chi connectivity index (χ0v) is 19.5. The van der Waals surface area contributed by atoms with Gasteiger partial charge in [0.15, 0.2) is 17.7 Å². The molecule has 1 aliphatic heterocycles. The zero-order valence-electron chi connectivity index (χ0n) is 18.7. The molecule has 1 fully saturated rings. The molecule has 0 saturated carbocycles. The van der Waals surface area contributed by atoms with Gasteiger partial charge in [0.2, 0.25) is 10.0 Å². The van der Waals surface area contributed by atoms with Crippen LogP contribution < -0.4 is 20.5 Å². The Morgan fingerprint density at radius 1 is 1.09 bits per heavy atom. The number of ether oxygens (including phenoxy) is 1. The summed E-state index contributed by atoms with van der Waals surface area (Å²) in [5, 5.41) is 0. The zero-order chi connectivity index (χ0) is 24.2. The van der Waals surface area contributed by atoms with Crippen molar-refractivity contribution in [2.24, 2.45) is 0 Å². The fraction of sp³-hybridized carbons (Fsp3) is 0.364. The second-order valence-corrected chi connectivity index (χ2v) is 9.95. The van der Waals surface area contributed by atoms with Gasteiger partial charge in [-0.25, -0.2) is 17.1 Å². The number of hydrazine groups is 1. The Bertz CT molecular complexity index is 1130. The predicted octanol–water partition coefficient (Wildman–Crippen LogP) is 1.90. The van der Waals surface area contributed by atoms with E-state index in [2.05, 4.69) is 10.9 Å². The van der Waals surface area contributed by atoms with Gasteiger partial charge < -0.3 is 9.64 Å². The number of amides is 2. The van der Waals surface area contributed by atoms with Crippen LogP contribution in [0.4, 0.5) is 10.1 Å². The minimum Gasteiger partial charge on any atom is -0.478 e.